The molecule has 1 fully saturated rings. The second-order valence-corrected chi connectivity index (χ2v) is 5.85. The SMILES string of the molecule is CCCCc1noc(CN2CCC(C)(C(=O)O)CC2)n1. The molecule has 20 heavy (non-hydrogen) atoms. The lowest BCUT2D eigenvalue weighted by Gasteiger charge is -2.35. The van der Waals surface area contributed by atoms with Crippen LogP contribution < -0.4 is 0 Å². The Hall–Kier alpha value is -1.43. The Morgan fingerprint density at radius 3 is 2.75 bits per heavy atom. The number of aromatic nitrogens is 2. The van der Waals surface area contributed by atoms with Crippen LogP contribution in [0, 0.1) is 5.41 Å². The van der Waals surface area contributed by atoms with E-state index in [0.717, 1.165) is 38.2 Å². The minimum atomic E-state index is -0.697. The summed E-state index contributed by atoms with van der Waals surface area (Å²) in [7, 11) is 0. The molecule has 112 valence electrons. The molecule has 1 aromatic heterocycles. The van der Waals surface area contributed by atoms with Gasteiger partial charge in [-0.15, -0.1) is 0 Å². The van der Waals surface area contributed by atoms with E-state index in [1.807, 2.05) is 6.92 Å². The normalized spacial score (nSPS) is 19.1. The van der Waals surface area contributed by atoms with E-state index in [1.165, 1.54) is 0 Å². The summed E-state index contributed by atoms with van der Waals surface area (Å²) in [6, 6.07) is 0. The summed E-state index contributed by atoms with van der Waals surface area (Å²) >= 11 is 0. The first-order valence-electron chi connectivity index (χ1n) is 7.31. The molecule has 0 aromatic carbocycles. The molecule has 0 aliphatic carbocycles. The summed E-state index contributed by atoms with van der Waals surface area (Å²) < 4.78 is 5.24. The number of carboxylic acids is 1. The van der Waals surface area contributed by atoms with Gasteiger partial charge in [0.25, 0.3) is 0 Å². The van der Waals surface area contributed by atoms with Crippen LogP contribution in [0.5, 0.6) is 0 Å². The van der Waals surface area contributed by atoms with Gasteiger partial charge < -0.3 is 9.63 Å². The van der Waals surface area contributed by atoms with Crippen molar-refractivity contribution in [2.45, 2.75) is 52.5 Å². The number of carboxylic acid groups (broad SMARTS) is 1. The molecule has 1 saturated heterocycles. The summed E-state index contributed by atoms with van der Waals surface area (Å²) in [5, 5.41) is 13.2. The molecule has 0 amide bonds. The minimum absolute atomic E-state index is 0.586. The number of hydrogen-bond acceptors (Lipinski definition) is 5. The lowest BCUT2D eigenvalue weighted by Crippen LogP contribution is -2.42. The molecule has 1 aromatic rings. The van der Waals surface area contributed by atoms with Crippen molar-refractivity contribution in [1.29, 1.82) is 0 Å². The van der Waals surface area contributed by atoms with Crippen molar-refractivity contribution in [3.8, 4) is 0 Å². The number of carbonyl (C=O) groups is 1. The molecule has 2 heterocycles. The third-order valence-electron chi connectivity index (χ3n) is 4.10. The fraction of sp³-hybridized carbons (Fsp3) is 0.786. The van der Waals surface area contributed by atoms with Gasteiger partial charge >= 0.3 is 5.97 Å². The first-order valence-corrected chi connectivity index (χ1v) is 7.31. The van der Waals surface area contributed by atoms with Gasteiger partial charge in [-0.3, -0.25) is 9.69 Å². The molecule has 0 unspecified atom stereocenters. The molecule has 6 heteroatoms. The lowest BCUT2D eigenvalue weighted by molar-refractivity contribution is -0.150. The van der Waals surface area contributed by atoms with Crippen LogP contribution in [-0.4, -0.2) is 39.2 Å². The van der Waals surface area contributed by atoms with Gasteiger partial charge in [-0.1, -0.05) is 18.5 Å². The summed E-state index contributed by atoms with van der Waals surface area (Å²) in [4.78, 5) is 17.7. The van der Waals surface area contributed by atoms with Crippen molar-refractivity contribution in [3.05, 3.63) is 11.7 Å². The Morgan fingerprint density at radius 2 is 2.15 bits per heavy atom. The molecule has 6 nitrogen and oxygen atoms in total. The van der Waals surface area contributed by atoms with E-state index < -0.39 is 11.4 Å². The number of aliphatic carboxylic acids is 1. The summed E-state index contributed by atoms with van der Waals surface area (Å²) in [5.41, 5.74) is -0.586. The maximum atomic E-state index is 11.2. The van der Waals surface area contributed by atoms with Gasteiger partial charge in [-0.05, 0) is 39.3 Å². The van der Waals surface area contributed by atoms with Gasteiger partial charge in [-0.2, -0.15) is 4.98 Å². The monoisotopic (exact) mass is 281 g/mol. The number of piperidine rings is 1. The van der Waals surface area contributed by atoms with Crippen LogP contribution in [0.4, 0.5) is 0 Å². The van der Waals surface area contributed by atoms with Crippen LogP contribution in [-0.2, 0) is 17.8 Å². The highest BCUT2D eigenvalue weighted by Crippen LogP contribution is 2.31. The first kappa shape index (κ1) is 15.0. The zero-order valence-corrected chi connectivity index (χ0v) is 12.3. The van der Waals surface area contributed by atoms with Crippen molar-refractivity contribution in [1.82, 2.24) is 15.0 Å². The Morgan fingerprint density at radius 1 is 1.45 bits per heavy atom. The van der Waals surface area contributed by atoms with E-state index in [2.05, 4.69) is 22.0 Å². The van der Waals surface area contributed by atoms with Gasteiger partial charge in [0.05, 0.1) is 12.0 Å². The maximum absolute atomic E-state index is 11.2. The summed E-state index contributed by atoms with van der Waals surface area (Å²) in [5.74, 6) is 0.709. The van der Waals surface area contributed by atoms with Crippen molar-refractivity contribution < 1.29 is 14.4 Å². The van der Waals surface area contributed by atoms with E-state index in [-0.39, 0.29) is 0 Å². The zero-order chi connectivity index (χ0) is 14.6. The predicted molar refractivity (Wildman–Crippen MR) is 73.2 cm³/mol. The molecular formula is C14H23N3O3. The van der Waals surface area contributed by atoms with Crippen LogP contribution in [0.2, 0.25) is 0 Å². The maximum Gasteiger partial charge on any atom is 0.309 e. The van der Waals surface area contributed by atoms with Crippen molar-refractivity contribution >= 4 is 5.97 Å². The molecule has 0 radical (unpaired) electrons. The fourth-order valence-corrected chi connectivity index (χ4v) is 2.40. The van der Waals surface area contributed by atoms with E-state index in [0.29, 0.717) is 25.3 Å². The standard InChI is InChI=1S/C14H23N3O3/c1-3-4-5-11-15-12(20-16-11)10-17-8-6-14(2,7-9-17)13(18)19/h3-10H2,1-2H3,(H,18,19). The number of nitrogens with zero attached hydrogens (tertiary/aromatic N) is 3. The highest BCUT2D eigenvalue weighted by Gasteiger charge is 2.37. The molecular weight excluding hydrogens is 258 g/mol. The minimum Gasteiger partial charge on any atom is -0.481 e. The van der Waals surface area contributed by atoms with Crippen LogP contribution in [0.15, 0.2) is 4.52 Å². The molecule has 2 rings (SSSR count). The predicted octanol–water partition coefficient (Wildman–Crippen LogP) is 2.10. The second kappa shape index (κ2) is 6.35. The van der Waals surface area contributed by atoms with Crippen LogP contribution >= 0.6 is 0 Å². The third kappa shape index (κ3) is 3.56. The molecule has 0 saturated carbocycles. The van der Waals surface area contributed by atoms with Gasteiger partial charge in [0.1, 0.15) is 0 Å². The number of hydrogen-bond donors (Lipinski definition) is 1. The summed E-state index contributed by atoms with van der Waals surface area (Å²) in [6.45, 7) is 6.09. The van der Waals surface area contributed by atoms with Gasteiger partial charge in [0.15, 0.2) is 5.82 Å². The van der Waals surface area contributed by atoms with Crippen molar-refractivity contribution in [2.75, 3.05) is 13.1 Å². The topological polar surface area (TPSA) is 79.5 Å². The van der Waals surface area contributed by atoms with Crippen LogP contribution in [0.3, 0.4) is 0 Å². The number of unbranched alkanes of at least 4 members (excludes halogenated alkanes) is 1. The van der Waals surface area contributed by atoms with Crippen LogP contribution in [0.1, 0.15) is 51.2 Å². The quantitative estimate of drug-likeness (QED) is 0.860. The smallest absolute Gasteiger partial charge is 0.309 e. The van der Waals surface area contributed by atoms with Gasteiger partial charge in [-0.25, -0.2) is 0 Å². The Kier molecular flexibility index (Phi) is 4.75. The number of rotatable bonds is 6. The zero-order valence-electron chi connectivity index (χ0n) is 12.3. The highest BCUT2D eigenvalue weighted by atomic mass is 16.5. The Bertz CT molecular complexity index is 450. The molecule has 1 aliphatic rings. The highest BCUT2D eigenvalue weighted by molar-refractivity contribution is 5.74. The van der Waals surface area contributed by atoms with E-state index >= 15 is 0 Å². The van der Waals surface area contributed by atoms with Crippen molar-refractivity contribution in [3.63, 3.8) is 0 Å². The van der Waals surface area contributed by atoms with E-state index in [9.17, 15) is 9.90 Å². The molecule has 0 spiro atoms. The first-order chi connectivity index (χ1) is 9.53. The Labute approximate surface area is 119 Å². The molecule has 0 bridgehead atoms. The average molecular weight is 281 g/mol. The van der Waals surface area contributed by atoms with E-state index in [4.69, 9.17) is 4.52 Å². The van der Waals surface area contributed by atoms with Gasteiger partial charge in [0.2, 0.25) is 5.89 Å². The third-order valence-corrected chi connectivity index (χ3v) is 4.10. The lowest BCUT2D eigenvalue weighted by atomic mass is 9.80. The fourth-order valence-electron chi connectivity index (χ4n) is 2.40. The second-order valence-electron chi connectivity index (χ2n) is 5.85. The van der Waals surface area contributed by atoms with Crippen molar-refractivity contribution in [2.24, 2.45) is 5.41 Å². The van der Waals surface area contributed by atoms with E-state index in [1.54, 1.807) is 0 Å². The molecule has 1 N–H and O–H groups in total. The summed E-state index contributed by atoms with van der Waals surface area (Å²) in [6.07, 6.45) is 4.37. The number of aryl methyl sites for hydroxylation is 1. The van der Waals surface area contributed by atoms with Crippen LogP contribution in [0.25, 0.3) is 0 Å². The molecule has 0 atom stereocenters. The number of likely N-dealkylation sites (tertiary alicyclic amines) is 1. The molecule has 1 aliphatic heterocycles. The largest absolute Gasteiger partial charge is 0.481 e. The van der Waals surface area contributed by atoms with Gasteiger partial charge in [0, 0.05) is 6.42 Å². The Balaban J connectivity index is 1.83. The average Bonchev–Trinajstić information content (AvgIpc) is 2.86.